The summed E-state index contributed by atoms with van der Waals surface area (Å²) in [6, 6.07) is 11.2. The summed E-state index contributed by atoms with van der Waals surface area (Å²) in [6.45, 7) is -0.174. The number of nitrogens with zero attached hydrogens (tertiary/aromatic N) is 1. The highest BCUT2D eigenvalue weighted by Gasteiger charge is 2.29. The van der Waals surface area contributed by atoms with Gasteiger partial charge in [-0.25, -0.2) is 9.87 Å². The maximum Gasteiger partial charge on any atom is 0.296 e. The van der Waals surface area contributed by atoms with Crippen LogP contribution in [0.5, 0.6) is 0 Å². The Labute approximate surface area is 221 Å². The van der Waals surface area contributed by atoms with Gasteiger partial charge in [-0.3, -0.25) is 24.9 Å². The molecule has 0 spiro atoms. The van der Waals surface area contributed by atoms with Crippen molar-refractivity contribution in [1.82, 2.24) is 10.8 Å². The Balaban J connectivity index is 2.07. The van der Waals surface area contributed by atoms with Crippen molar-refractivity contribution in [2.24, 2.45) is 0 Å². The number of carbonyl (C=O) groups is 2. The monoisotopic (exact) mass is 629 g/mol. The Morgan fingerprint density at radius 1 is 1.06 bits per heavy atom. The minimum Gasteiger partial charge on any atom is -0.395 e. The SMILES string of the molecule is O=C(NCCO)c1ccc(Nc2c([N+](=O)[O-])cc(C(=O)NO)c(Nc3ccc(I)cc3Cl)c2F)cc1. The van der Waals surface area contributed by atoms with E-state index in [-0.39, 0.29) is 35.1 Å². The number of nitrogens with one attached hydrogen (secondary N) is 4. The summed E-state index contributed by atoms with van der Waals surface area (Å²) in [5.41, 5.74) is -0.368. The summed E-state index contributed by atoms with van der Waals surface area (Å²) in [6.07, 6.45) is 0. The second-order valence-corrected chi connectivity index (χ2v) is 8.79. The average molecular weight is 630 g/mol. The van der Waals surface area contributed by atoms with Crippen molar-refractivity contribution in [2.45, 2.75) is 0 Å². The quantitative estimate of drug-likeness (QED) is 0.0881. The van der Waals surface area contributed by atoms with Gasteiger partial charge >= 0.3 is 0 Å². The van der Waals surface area contributed by atoms with E-state index < -0.39 is 45.2 Å². The van der Waals surface area contributed by atoms with Gasteiger partial charge in [-0.2, -0.15) is 0 Å². The standard InChI is InChI=1S/C22H18ClFIN5O6/c23-15-9-12(25)3-6-16(15)28-19-14(22(33)29-34)10-17(30(35)36)20(18(19)24)27-13-4-1-11(2-5-13)21(32)26-7-8-31/h1-6,9-10,27-28,31,34H,7-8H2,(H,26,32)(H,29,33). The molecule has 0 saturated heterocycles. The number of carbonyl (C=O) groups excluding carboxylic acids is 2. The molecular formula is C22H18ClFIN5O6. The molecule has 0 aliphatic heterocycles. The molecule has 0 aliphatic carbocycles. The first-order valence-corrected chi connectivity index (χ1v) is 11.6. The van der Waals surface area contributed by atoms with E-state index in [9.17, 15) is 19.7 Å². The highest BCUT2D eigenvalue weighted by Crippen LogP contribution is 2.40. The van der Waals surface area contributed by atoms with Crippen molar-refractivity contribution in [3.8, 4) is 0 Å². The summed E-state index contributed by atoms with van der Waals surface area (Å²) in [5.74, 6) is -2.83. The molecular weight excluding hydrogens is 612 g/mol. The van der Waals surface area contributed by atoms with E-state index in [0.29, 0.717) is 0 Å². The molecule has 0 saturated carbocycles. The number of nitro groups is 1. The highest BCUT2D eigenvalue weighted by molar-refractivity contribution is 14.1. The second-order valence-electron chi connectivity index (χ2n) is 7.14. The van der Waals surface area contributed by atoms with Gasteiger partial charge < -0.3 is 21.1 Å². The molecule has 14 heteroatoms. The minimum absolute atomic E-state index is 0.0599. The molecule has 0 bridgehead atoms. The number of aliphatic hydroxyl groups is 1. The fourth-order valence-corrected chi connectivity index (χ4v) is 4.01. The lowest BCUT2D eigenvalue weighted by molar-refractivity contribution is -0.384. The molecule has 3 aromatic rings. The molecule has 6 N–H and O–H groups in total. The largest absolute Gasteiger partial charge is 0.395 e. The molecule has 0 atom stereocenters. The lowest BCUT2D eigenvalue weighted by Gasteiger charge is -2.17. The molecule has 3 aromatic carbocycles. The van der Waals surface area contributed by atoms with E-state index in [0.717, 1.165) is 9.64 Å². The average Bonchev–Trinajstić information content (AvgIpc) is 2.86. The third-order valence-electron chi connectivity index (χ3n) is 4.79. The van der Waals surface area contributed by atoms with Crippen molar-refractivity contribution in [2.75, 3.05) is 23.8 Å². The van der Waals surface area contributed by atoms with Crippen LogP contribution in [0.4, 0.5) is 32.8 Å². The first-order chi connectivity index (χ1) is 17.2. The van der Waals surface area contributed by atoms with E-state index in [1.54, 1.807) is 12.1 Å². The molecule has 0 fully saturated rings. The van der Waals surface area contributed by atoms with Crippen LogP contribution in [-0.2, 0) is 0 Å². The Morgan fingerprint density at radius 3 is 2.33 bits per heavy atom. The smallest absolute Gasteiger partial charge is 0.296 e. The van der Waals surface area contributed by atoms with Crippen LogP contribution in [0.3, 0.4) is 0 Å². The number of hydrogen-bond donors (Lipinski definition) is 6. The Hall–Kier alpha value is -3.53. The van der Waals surface area contributed by atoms with Crippen LogP contribution in [0.25, 0.3) is 0 Å². The number of amides is 2. The number of rotatable bonds is 9. The Morgan fingerprint density at radius 2 is 1.75 bits per heavy atom. The van der Waals surface area contributed by atoms with Crippen molar-refractivity contribution in [3.63, 3.8) is 0 Å². The van der Waals surface area contributed by atoms with Crippen molar-refractivity contribution in [3.05, 3.63) is 84.2 Å². The van der Waals surface area contributed by atoms with Gasteiger partial charge in [0.25, 0.3) is 17.5 Å². The predicted molar refractivity (Wildman–Crippen MR) is 139 cm³/mol. The number of benzene rings is 3. The van der Waals surface area contributed by atoms with Crippen LogP contribution < -0.4 is 21.4 Å². The summed E-state index contributed by atoms with van der Waals surface area (Å²) in [4.78, 5) is 35.1. The molecule has 0 radical (unpaired) electrons. The predicted octanol–water partition coefficient (Wildman–Crippen LogP) is 4.32. The zero-order chi connectivity index (χ0) is 26.4. The molecule has 0 unspecified atom stereocenters. The van der Waals surface area contributed by atoms with Crippen molar-refractivity contribution in [1.29, 1.82) is 0 Å². The lowest BCUT2D eigenvalue weighted by Crippen LogP contribution is -2.26. The summed E-state index contributed by atoms with van der Waals surface area (Å²) >= 11 is 8.23. The Bertz CT molecular complexity index is 1330. The molecule has 0 aliphatic rings. The first kappa shape index (κ1) is 27.1. The van der Waals surface area contributed by atoms with E-state index in [4.69, 9.17) is 21.9 Å². The van der Waals surface area contributed by atoms with Gasteiger partial charge in [0.05, 0.1) is 33.5 Å². The topological polar surface area (TPSA) is 166 Å². The minimum atomic E-state index is -1.19. The van der Waals surface area contributed by atoms with Gasteiger partial charge in [0.2, 0.25) is 0 Å². The van der Waals surface area contributed by atoms with Crippen LogP contribution in [0, 0.1) is 19.5 Å². The molecule has 36 heavy (non-hydrogen) atoms. The van der Waals surface area contributed by atoms with E-state index in [1.165, 1.54) is 35.8 Å². The number of anilines is 4. The third kappa shape index (κ3) is 6.17. The first-order valence-electron chi connectivity index (χ1n) is 10.1. The summed E-state index contributed by atoms with van der Waals surface area (Å²) in [7, 11) is 0. The normalized spacial score (nSPS) is 10.5. The van der Waals surface area contributed by atoms with Gasteiger partial charge in [0.15, 0.2) is 11.5 Å². The van der Waals surface area contributed by atoms with Gasteiger partial charge in [0.1, 0.15) is 0 Å². The lowest BCUT2D eigenvalue weighted by atomic mass is 10.1. The van der Waals surface area contributed by atoms with Crippen molar-refractivity contribution < 1.29 is 29.2 Å². The Kier molecular flexibility index (Phi) is 8.98. The summed E-state index contributed by atoms with van der Waals surface area (Å²) in [5, 5.41) is 37.6. The van der Waals surface area contributed by atoms with Crippen LogP contribution in [0.1, 0.15) is 20.7 Å². The number of halogens is 3. The number of aliphatic hydroxyl groups excluding tert-OH is 1. The maximum absolute atomic E-state index is 15.8. The fraction of sp³-hybridized carbons (Fsp3) is 0.0909. The van der Waals surface area contributed by atoms with Crippen LogP contribution in [-0.4, -0.2) is 40.2 Å². The van der Waals surface area contributed by atoms with Crippen LogP contribution >= 0.6 is 34.2 Å². The van der Waals surface area contributed by atoms with Gasteiger partial charge in [0, 0.05) is 27.4 Å². The zero-order valence-corrected chi connectivity index (χ0v) is 21.1. The number of hydroxylamine groups is 1. The fourth-order valence-electron chi connectivity index (χ4n) is 3.11. The van der Waals surface area contributed by atoms with Crippen LogP contribution in [0.15, 0.2) is 48.5 Å². The third-order valence-corrected chi connectivity index (χ3v) is 5.78. The molecule has 0 heterocycles. The van der Waals surface area contributed by atoms with E-state index in [2.05, 4.69) is 16.0 Å². The van der Waals surface area contributed by atoms with Crippen molar-refractivity contribution >= 4 is 74.4 Å². The molecule has 11 nitrogen and oxygen atoms in total. The number of hydrogen-bond acceptors (Lipinski definition) is 8. The highest BCUT2D eigenvalue weighted by atomic mass is 127. The maximum atomic E-state index is 15.8. The van der Waals surface area contributed by atoms with E-state index in [1.807, 2.05) is 22.6 Å². The summed E-state index contributed by atoms with van der Waals surface area (Å²) < 4.78 is 16.5. The zero-order valence-electron chi connectivity index (χ0n) is 18.1. The van der Waals surface area contributed by atoms with E-state index >= 15 is 4.39 Å². The molecule has 3 rings (SSSR count). The molecule has 0 aromatic heterocycles. The second kappa shape index (κ2) is 11.9. The number of nitro benzene ring substituents is 1. The van der Waals surface area contributed by atoms with Gasteiger partial charge in [-0.05, 0) is 65.1 Å². The van der Waals surface area contributed by atoms with Gasteiger partial charge in [-0.15, -0.1) is 0 Å². The van der Waals surface area contributed by atoms with Gasteiger partial charge in [-0.1, -0.05) is 11.6 Å². The van der Waals surface area contributed by atoms with Crippen LogP contribution in [0.2, 0.25) is 5.02 Å². The molecule has 2 amide bonds. The molecule has 188 valence electrons.